The Kier molecular flexibility index (Phi) is 3.55. The molecule has 1 aromatic carbocycles. The van der Waals surface area contributed by atoms with Crippen molar-refractivity contribution in [2.24, 2.45) is 0 Å². The second-order valence-electron chi connectivity index (χ2n) is 4.11. The van der Waals surface area contributed by atoms with Gasteiger partial charge in [0.25, 0.3) is 5.91 Å². The number of hydrogen-bond acceptors (Lipinski definition) is 2. The Hall–Kier alpha value is -2.30. The van der Waals surface area contributed by atoms with Gasteiger partial charge in [0.2, 0.25) is 5.95 Å². The number of aryl methyl sites for hydroxylation is 1. The van der Waals surface area contributed by atoms with E-state index in [1.165, 1.54) is 11.9 Å². The summed E-state index contributed by atoms with van der Waals surface area (Å²) in [7, 11) is 1.52. The second-order valence-corrected chi connectivity index (χ2v) is 4.11. The lowest BCUT2D eigenvalue weighted by atomic mass is 10.1. The Morgan fingerprint density at radius 1 is 1.21 bits per heavy atom. The van der Waals surface area contributed by atoms with Crippen molar-refractivity contribution in [1.29, 1.82) is 0 Å². The molecule has 1 aromatic heterocycles. The topological polar surface area (TPSA) is 33.2 Å². The Labute approximate surface area is 109 Å². The van der Waals surface area contributed by atoms with E-state index >= 15 is 0 Å². The molecule has 1 heterocycles. The fraction of sp³-hybridized carbons (Fsp3) is 0.143. The van der Waals surface area contributed by atoms with Gasteiger partial charge in [-0.1, -0.05) is 18.2 Å². The van der Waals surface area contributed by atoms with E-state index in [9.17, 15) is 13.6 Å². The number of para-hydroxylation sites is 1. The van der Waals surface area contributed by atoms with Gasteiger partial charge in [0, 0.05) is 18.9 Å². The van der Waals surface area contributed by atoms with Crippen molar-refractivity contribution in [2.45, 2.75) is 6.92 Å². The van der Waals surface area contributed by atoms with Crippen molar-refractivity contribution >= 4 is 11.6 Å². The molecule has 0 atom stereocenters. The average molecular weight is 262 g/mol. The number of amides is 1. The Balaban J connectivity index is 2.40. The molecule has 0 fully saturated rings. The van der Waals surface area contributed by atoms with Gasteiger partial charge < -0.3 is 4.90 Å². The maximum Gasteiger partial charge on any atom is 0.261 e. The van der Waals surface area contributed by atoms with Gasteiger partial charge in [-0.25, -0.2) is 9.37 Å². The lowest BCUT2D eigenvalue weighted by molar-refractivity contribution is 0.0987. The van der Waals surface area contributed by atoms with Crippen molar-refractivity contribution in [3.63, 3.8) is 0 Å². The summed E-state index contributed by atoms with van der Waals surface area (Å²) in [6.45, 7) is 1.84. The number of anilines is 1. The van der Waals surface area contributed by atoms with Crippen LogP contribution in [-0.2, 0) is 0 Å². The van der Waals surface area contributed by atoms with Crippen molar-refractivity contribution < 1.29 is 13.6 Å². The van der Waals surface area contributed by atoms with E-state index in [2.05, 4.69) is 4.98 Å². The molecule has 0 saturated carbocycles. The van der Waals surface area contributed by atoms with E-state index in [1.54, 1.807) is 12.1 Å². The first-order valence-electron chi connectivity index (χ1n) is 5.66. The summed E-state index contributed by atoms with van der Waals surface area (Å²) in [5.74, 6) is -3.12. The Bertz CT molecular complexity index is 629. The number of nitrogens with zero attached hydrogens (tertiary/aromatic N) is 2. The van der Waals surface area contributed by atoms with E-state index in [1.807, 2.05) is 19.1 Å². The first-order chi connectivity index (χ1) is 9.02. The van der Waals surface area contributed by atoms with E-state index in [-0.39, 0.29) is 5.56 Å². The molecule has 0 aliphatic heterocycles. The van der Waals surface area contributed by atoms with Gasteiger partial charge in [-0.3, -0.25) is 4.79 Å². The van der Waals surface area contributed by atoms with Gasteiger partial charge in [-0.05, 0) is 24.6 Å². The fourth-order valence-electron chi connectivity index (χ4n) is 1.81. The van der Waals surface area contributed by atoms with Gasteiger partial charge in [0.1, 0.15) is 0 Å². The molecule has 0 N–H and O–H groups in total. The first kappa shape index (κ1) is 13.1. The third kappa shape index (κ3) is 2.45. The summed E-state index contributed by atoms with van der Waals surface area (Å²) < 4.78 is 26.6. The number of aromatic nitrogens is 1. The average Bonchev–Trinajstić information content (AvgIpc) is 2.41. The molecule has 5 heteroatoms. The van der Waals surface area contributed by atoms with Gasteiger partial charge in [-0.2, -0.15) is 4.39 Å². The molecule has 0 unspecified atom stereocenters. The predicted molar refractivity (Wildman–Crippen MR) is 68.1 cm³/mol. The highest BCUT2D eigenvalue weighted by Gasteiger charge is 2.21. The lowest BCUT2D eigenvalue weighted by Gasteiger charge is -2.19. The molecular weight excluding hydrogens is 250 g/mol. The standard InChI is InChI=1S/C14H12F2N2O/c1-9-5-3-4-6-11(9)18(2)14(19)10-7-8-17-13(16)12(10)15/h3-8H,1-2H3. The molecule has 1 amide bonds. The van der Waals surface area contributed by atoms with Crippen LogP contribution in [-0.4, -0.2) is 17.9 Å². The zero-order chi connectivity index (χ0) is 14.0. The highest BCUT2D eigenvalue weighted by molar-refractivity contribution is 6.06. The number of rotatable bonds is 2. The summed E-state index contributed by atoms with van der Waals surface area (Å²) in [6.07, 6.45) is 1.07. The molecule has 0 aliphatic rings. The number of pyridine rings is 1. The Morgan fingerprint density at radius 2 is 1.89 bits per heavy atom. The van der Waals surface area contributed by atoms with E-state index < -0.39 is 17.7 Å². The lowest BCUT2D eigenvalue weighted by Crippen LogP contribution is -2.28. The second kappa shape index (κ2) is 5.14. The summed E-state index contributed by atoms with van der Waals surface area (Å²) in [6, 6.07) is 8.35. The number of halogens is 2. The molecule has 0 aliphatic carbocycles. The number of hydrogen-bond donors (Lipinski definition) is 0. The molecule has 0 spiro atoms. The van der Waals surface area contributed by atoms with E-state index in [0.29, 0.717) is 5.69 Å². The van der Waals surface area contributed by atoms with Crippen LogP contribution in [0.4, 0.5) is 14.5 Å². The quantitative estimate of drug-likeness (QED) is 0.780. The molecule has 19 heavy (non-hydrogen) atoms. The summed E-state index contributed by atoms with van der Waals surface area (Å²) in [5, 5.41) is 0. The van der Waals surface area contributed by atoms with Gasteiger partial charge in [-0.15, -0.1) is 0 Å². The SMILES string of the molecule is Cc1ccccc1N(C)C(=O)c1ccnc(F)c1F. The summed E-state index contributed by atoms with van der Waals surface area (Å²) in [5.41, 5.74) is 1.18. The zero-order valence-electron chi connectivity index (χ0n) is 10.5. The molecule has 0 radical (unpaired) electrons. The van der Waals surface area contributed by atoms with E-state index in [4.69, 9.17) is 0 Å². The summed E-state index contributed by atoms with van der Waals surface area (Å²) in [4.78, 5) is 16.6. The third-order valence-electron chi connectivity index (χ3n) is 2.86. The maximum absolute atomic E-state index is 13.5. The minimum Gasteiger partial charge on any atom is -0.311 e. The Morgan fingerprint density at radius 3 is 2.58 bits per heavy atom. The van der Waals surface area contributed by atoms with Crippen LogP contribution in [0.1, 0.15) is 15.9 Å². The normalized spacial score (nSPS) is 10.3. The highest BCUT2D eigenvalue weighted by atomic mass is 19.2. The van der Waals surface area contributed by atoms with Crippen molar-refractivity contribution in [3.8, 4) is 0 Å². The van der Waals surface area contributed by atoms with Crippen LogP contribution >= 0.6 is 0 Å². The molecule has 3 nitrogen and oxygen atoms in total. The van der Waals surface area contributed by atoms with Crippen LogP contribution in [0.5, 0.6) is 0 Å². The monoisotopic (exact) mass is 262 g/mol. The third-order valence-corrected chi connectivity index (χ3v) is 2.86. The number of benzene rings is 1. The van der Waals surface area contributed by atoms with Gasteiger partial charge >= 0.3 is 0 Å². The van der Waals surface area contributed by atoms with Crippen LogP contribution in [0, 0.1) is 18.7 Å². The molecule has 0 bridgehead atoms. The molecule has 2 rings (SSSR count). The first-order valence-corrected chi connectivity index (χ1v) is 5.66. The molecular formula is C14H12F2N2O. The minimum absolute atomic E-state index is 0.335. The van der Waals surface area contributed by atoms with Crippen LogP contribution in [0.15, 0.2) is 36.5 Å². The van der Waals surface area contributed by atoms with Crippen molar-refractivity contribution in [3.05, 3.63) is 59.4 Å². The molecule has 0 saturated heterocycles. The largest absolute Gasteiger partial charge is 0.311 e. The number of carbonyl (C=O) groups excluding carboxylic acids is 1. The zero-order valence-corrected chi connectivity index (χ0v) is 10.5. The maximum atomic E-state index is 13.5. The van der Waals surface area contributed by atoms with E-state index in [0.717, 1.165) is 17.8 Å². The predicted octanol–water partition coefficient (Wildman–Crippen LogP) is 2.94. The molecule has 2 aromatic rings. The van der Waals surface area contributed by atoms with Crippen LogP contribution in [0.25, 0.3) is 0 Å². The fourth-order valence-corrected chi connectivity index (χ4v) is 1.81. The smallest absolute Gasteiger partial charge is 0.261 e. The minimum atomic E-state index is -1.27. The van der Waals surface area contributed by atoms with Crippen LogP contribution in [0.2, 0.25) is 0 Å². The van der Waals surface area contributed by atoms with Crippen LogP contribution < -0.4 is 4.90 Å². The molecule has 98 valence electrons. The highest BCUT2D eigenvalue weighted by Crippen LogP contribution is 2.21. The van der Waals surface area contributed by atoms with Crippen molar-refractivity contribution in [2.75, 3.05) is 11.9 Å². The van der Waals surface area contributed by atoms with Crippen molar-refractivity contribution in [1.82, 2.24) is 4.98 Å². The van der Waals surface area contributed by atoms with Gasteiger partial charge in [0.15, 0.2) is 5.82 Å². The van der Waals surface area contributed by atoms with Gasteiger partial charge in [0.05, 0.1) is 5.56 Å². The number of carbonyl (C=O) groups is 1. The van der Waals surface area contributed by atoms with Crippen LogP contribution in [0.3, 0.4) is 0 Å². The summed E-state index contributed by atoms with van der Waals surface area (Å²) >= 11 is 0.